The van der Waals surface area contributed by atoms with Crippen LogP contribution in [0.2, 0.25) is 10.0 Å². The third-order valence-electron chi connectivity index (χ3n) is 5.65. The summed E-state index contributed by atoms with van der Waals surface area (Å²) >= 11 is 12.3. The van der Waals surface area contributed by atoms with E-state index in [4.69, 9.17) is 23.2 Å². The topological polar surface area (TPSA) is 66.4 Å². The monoisotopic (exact) mass is 470 g/mol. The predicted octanol–water partition coefficient (Wildman–Crippen LogP) is 4.32. The number of amides is 1. The van der Waals surface area contributed by atoms with E-state index in [2.05, 4.69) is 9.97 Å². The maximum absolute atomic E-state index is 14.4. The van der Waals surface area contributed by atoms with E-state index in [0.29, 0.717) is 48.4 Å². The summed E-state index contributed by atoms with van der Waals surface area (Å²) in [6.45, 7) is 3.53. The summed E-state index contributed by atoms with van der Waals surface area (Å²) < 4.78 is 26.6. The van der Waals surface area contributed by atoms with Crippen LogP contribution >= 0.6 is 30.3 Å². The van der Waals surface area contributed by atoms with Crippen molar-refractivity contribution in [3.05, 3.63) is 51.1 Å². The van der Waals surface area contributed by atoms with Gasteiger partial charge in [-0.15, -0.1) is 0 Å². The first kappa shape index (κ1) is 21.5. The number of aromatic nitrogens is 2. The molecular weight excluding hydrogens is 449 g/mol. The minimum absolute atomic E-state index is 0.182. The van der Waals surface area contributed by atoms with E-state index in [9.17, 15) is 13.8 Å². The number of carbonyl (C=O) groups excluding carboxylic acids is 1. The van der Waals surface area contributed by atoms with Crippen molar-refractivity contribution >= 4 is 42.1 Å². The molecule has 0 unspecified atom stereocenters. The molecule has 3 heterocycles. The highest BCUT2D eigenvalue weighted by molar-refractivity contribution is 7.63. The lowest BCUT2D eigenvalue weighted by atomic mass is 10.1. The molecule has 30 heavy (non-hydrogen) atoms. The highest BCUT2D eigenvalue weighted by Crippen LogP contribution is 2.43. The largest absolute Gasteiger partial charge is 0.351 e. The van der Waals surface area contributed by atoms with Crippen molar-refractivity contribution in [3.63, 3.8) is 0 Å². The molecule has 0 radical (unpaired) electrons. The molecule has 1 amide bonds. The van der Waals surface area contributed by atoms with Crippen molar-refractivity contribution in [2.24, 2.45) is 0 Å². The number of hydrogen-bond donors (Lipinski definition) is 0. The zero-order valence-electron chi connectivity index (χ0n) is 16.6. The highest BCUT2D eigenvalue weighted by atomic mass is 35.5. The fraction of sp³-hybridized carbons (Fsp3) is 0.450. The van der Waals surface area contributed by atoms with Crippen molar-refractivity contribution in [1.29, 1.82) is 0 Å². The quantitative estimate of drug-likeness (QED) is 0.493. The van der Waals surface area contributed by atoms with Crippen LogP contribution in [0.15, 0.2) is 18.3 Å². The number of aryl methyl sites for hydroxylation is 1. The fourth-order valence-electron chi connectivity index (χ4n) is 3.79. The molecule has 0 saturated carbocycles. The van der Waals surface area contributed by atoms with Crippen LogP contribution in [0.1, 0.15) is 28.2 Å². The van der Waals surface area contributed by atoms with Crippen LogP contribution in [0, 0.1) is 5.82 Å². The first-order valence-corrected chi connectivity index (χ1v) is 13.1. The van der Waals surface area contributed by atoms with E-state index in [1.54, 1.807) is 11.6 Å². The molecule has 1 fully saturated rings. The molecule has 0 spiro atoms. The van der Waals surface area contributed by atoms with Gasteiger partial charge in [0.25, 0.3) is 5.91 Å². The van der Waals surface area contributed by atoms with Crippen LogP contribution in [-0.2, 0) is 17.5 Å². The van der Waals surface area contributed by atoms with Crippen LogP contribution in [0.25, 0.3) is 0 Å². The van der Waals surface area contributed by atoms with Gasteiger partial charge in [-0.1, -0.05) is 23.2 Å². The molecule has 1 aromatic heterocycles. The van der Waals surface area contributed by atoms with Gasteiger partial charge in [0, 0.05) is 44.1 Å². The van der Waals surface area contributed by atoms with Gasteiger partial charge >= 0.3 is 0 Å². The second-order valence-electron chi connectivity index (χ2n) is 7.91. The van der Waals surface area contributed by atoms with Gasteiger partial charge in [-0.2, -0.15) is 0 Å². The predicted molar refractivity (Wildman–Crippen MR) is 117 cm³/mol. The smallest absolute Gasteiger partial charge is 0.274 e. The lowest BCUT2D eigenvalue weighted by Crippen LogP contribution is -2.40. The van der Waals surface area contributed by atoms with E-state index < -0.39 is 13.0 Å². The Morgan fingerprint density at radius 2 is 1.97 bits per heavy atom. The SMILES string of the molecule is CP1(=O)CCN(C(=O)c2cnc3c(n2)N(Cc2c(F)ccc(Cl)c2Cl)CCC3)CC1. The van der Waals surface area contributed by atoms with E-state index >= 15 is 0 Å². The minimum Gasteiger partial charge on any atom is -0.351 e. The molecule has 0 bridgehead atoms. The molecule has 0 N–H and O–H groups in total. The molecule has 0 atom stereocenters. The second kappa shape index (κ2) is 8.45. The van der Waals surface area contributed by atoms with Crippen LogP contribution < -0.4 is 4.90 Å². The maximum Gasteiger partial charge on any atom is 0.274 e. The zero-order chi connectivity index (χ0) is 21.5. The summed E-state index contributed by atoms with van der Waals surface area (Å²) in [4.78, 5) is 25.5. The Morgan fingerprint density at radius 1 is 1.23 bits per heavy atom. The van der Waals surface area contributed by atoms with Crippen LogP contribution in [0.3, 0.4) is 0 Å². The van der Waals surface area contributed by atoms with Gasteiger partial charge < -0.3 is 14.4 Å². The maximum atomic E-state index is 14.4. The molecule has 6 nitrogen and oxygen atoms in total. The zero-order valence-corrected chi connectivity index (χ0v) is 19.0. The van der Waals surface area contributed by atoms with Crippen LogP contribution in [0.5, 0.6) is 0 Å². The summed E-state index contributed by atoms with van der Waals surface area (Å²) in [7, 11) is -2.13. The number of benzene rings is 1. The average molecular weight is 471 g/mol. The number of nitrogens with zero attached hydrogens (tertiary/aromatic N) is 4. The summed E-state index contributed by atoms with van der Waals surface area (Å²) in [6.07, 6.45) is 4.12. The first-order chi connectivity index (χ1) is 14.2. The van der Waals surface area contributed by atoms with Gasteiger partial charge in [-0.3, -0.25) is 9.78 Å². The van der Waals surface area contributed by atoms with Crippen LogP contribution in [0.4, 0.5) is 10.2 Å². The van der Waals surface area contributed by atoms with Crippen molar-refractivity contribution in [3.8, 4) is 0 Å². The minimum atomic E-state index is -2.13. The Morgan fingerprint density at radius 3 is 2.70 bits per heavy atom. The molecule has 4 rings (SSSR count). The third-order valence-corrected chi connectivity index (χ3v) is 8.78. The highest BCUT2D eigenvalue weighted by Gasteiger charge is 2.30. The van der Waals surface area contributed by atoms with E-state index in [0.717, 1.165) is 18.5 Å². The Kier molecular flexibility index (Phi) is 6.06. The van der Waals surface area contributed by atoms with E-state index in [1.807, 2.05) is 4.90 Å². The number of hydrogen-bond acceptors (Lipinski definition) is 5. The van der Waals surface area contributed by atoms with Crippen molar-refractivity contribution in [2.75, 3.05) is 43.5 Å². The van der Waals surface area contributed by atoms with Crippen molar-refractivity contribution in [2.45, 2.75) is 19.4 Å². The Labute approximate surface area is 184 Å². The molecule has 1 saturated heterocycles. The van der Waals surface area contributed by atoms with Gasteiger partial charge in [-0.25, -0.2) is 9.37 Å². The van der Waals surface area contributed by atoms with Gasteiger partial charge in [0.2, 0.25) is 0 Å². The summed E-state index contributed by atoms with van der Waals surface area (Å²) in [5.41, 5.74) is 1.31. The molecule has 10 heteroatoms. The van der Waals surface area contributed by atoms with Crippen LogP contribution in [-0.4, -0.2) is 59.4 Å². The summed E-state index contributed by atoms with van der Waals surface area (Å²) in [5.74, 6) is -0.0859. The normalized spacial score (nSPS) is 18.3. The number of halogens is 3. The lowest BCUT2D eigenvalue weighted by Gasteiger charge is -2.32. The molecule has 0 aliphatic carbocycles. The number of rotatable bonds is 3. The van der Waals surface area contributed by atoms with E-state index in [-0.39, 0.29) is 23.2 Å². The number of fused-ring (bicyclic) bond motifs is 1. The first-order valence-electron chi connectivity index (χ1n) is 9.83. The number of anilines is 1. The standard InChI is InChI=1S/C20H22Cl2FN4O2P/c1-30(29)9-7-26(8-10-30)20(28)17-11-24-16-3-2-6-27(19(16)25-17)12-13-15(23)5-4-14(21)18(13)22/h4-5,11H,2-3,6-10,12H2,1H3. The van der Waals surface area contributed by atoms with E-state index in [1.165, 1.54) is 18.3 Å². The van der Waals surface area contributed by atoms with Crippen molar-refractivity contribution in [1.82, 2.24) is 14.9 Å². The van der Waals surface area contributed by atoms with Gasteiger partial charge in [0.15, 0.2) is 5.82 Å². The third kappa shape index (κ3) is 4.34. The molecule has 2 aliphatic rings. The fourth-order valence-corrected chi connectivity index (χ4v) is 5.73. The molecule has 1 aromatic carbocycles. The molecule has 2 aromatic rings. The molecule has 2 aliphatic heterocycles. The summed E-state index contributed by atoms with van der Waals surface area (Å²) in [6, 6.07) is 2.72. The molecule has 160 valence electrons. The Balaban J connectivity index is 1.60. The van der Waals surface area contributed by atoms with Gasteiger partial charge in [0.1, 0.15) is 11.5 Å². The summed E-state index contributed by atoms with van der Waals surface area (Å²) in [5, 5.41) is 0.472. The van der Waals surface area contributed by atoms with Gasteiger partial charge in [-0.05, 0) is 31.6 Å². The number of carbonyl (C=O) groups is 1. The lowest BCUT2D eigenvalue weighted by molar-refractivity contribution is 0.0763. The average Bonchev–Trinajstić information content (AvgIpc) is 2.73. The Hall–Kier alpha value is -1.69. The second-order valence-corrected chi connectivity index (χ2v) is 12.2. The van der Waals surface area contributed by atoms with Gasteiger partial charge in [0.05, 0.1) is 29.1 Å². The van der Waals surface area contributed by atoms with Crippen molar-refractivity contribution < 1.29 is 13.8 Å². The Bertz CT molecular complexity index is 1040. The molecular formula is C20H22Cl2FN4O2P.